The number of nitrogens with one attached hydrogen (secondary N) is 2. The topological polar surface area (TPSA) is 41.1 Å². The number of hydrogen-bond donors (Lipinski definition) is 2. The van der Waals surface area contributed by atoms with Gasteiger partial charge in [-0.05, 0) is 49.9 Å². The lowest BCUT2D eigenvalue weighted by molar-refractivity contribution is 0.0935. The predicted molar refractivity (Wildman–Crippen MR) is 77.1 cm³/mol. The standard InChI is InChI=1S/C15H24N2O/c1-10(2)8-12(4)17-15(18)14-7-6-13(16-5)9-11(14)3/h6-7,9-10,12,16H,8H2,1-5H3,(H,17,18). The van der Waals surface area contributed by atoms with Crippen molar-refractivity contribution >= 4 is 11.6 Å². The summed E-state index contributed by atoms with van der Waals surface area (Å²) in [6.45, 7) is 8.34. The molecule has 3 nitrogen and oxygen atoms in total. The van der Waals surface area contributed by atoms with Gasteiger partial charge in [-0.25, -0.2) is 0 Å². The van der Waals surface area contributed by atoms with Gasteiger partial charge in [0.05, 0.1) is 0 Å². The summed E-state index contributed by atoms with van der Waals surface area (Å²) in [5.74, 6) is 0.608. The van der Waals surface area contributed by atoms with E-state index in [1.807, 2.05) is 32.2 Å². The molecular formula is C15H24N2O. The summed E-state index contributed by atoms with van der Waals surface area (Å²) < 4.78 is 0. The summed E-state index contributed by atoms with van der Waals surface area (Å²) in [5.41, 5.74) is 2.78. The van der Waals surface area contributed by atoms with Gasteiger partial charge in [0.1, 0.15) is 0 Å². The quantitative estimate of drug-likeness (QED) is 0.840. The van der Waals surface area contributed by atoms with E-state index in [0.717, 1.165) is 23.2 Å². The minimum absolute atomic E-state index is 0.0169. The zero-order chi connectivity index (χ0) is 13.7. The van der Waals surface area contributed by atoms with Crippen molar-refractivity contribution in [3.8, 4) is 0 Å². The molecule has 18 heavy (non-hydrogen) atoms. The van der Waals surface area contributed by atoms with Crippen molar-refractivity contribution in [2.45, 2.75) is 40.2 Å². The molecule has 0 radical (unpaired) electrons. The fourth-order valence-electron chi connectivity index (χ4n) is 2.14. The molecule has 1 aromatic carbocycles. The molecule has 1 amide bonds. The Labute approximate surface area is 110 Å². The lowest BCUT2D eigenvalue weighted by atomic mass is 10.0. The summed E-state index contributed by atoms with van der Waals surface area (Å²) >= 11 is 0. The Morgan fingerprint density at radius 2 is 1.94 bits per heavy atom. The first-order chi connectivity index (χ1) is 8.43. The molecule has 0 spiro atoms. The summed E-state index contributed by atoms with van der Waals surface area (Å²) in [5, 5.41) is 6.12. The summed E-state index contributed by atoms with van der Waals surface area (Å²) in [6, 6.07) is 6.00. The number of carbonyl (C=O) groups is 1. The van der Waals surface area contributed by atoms with Gasteiger partial charge >= 0.3 is 0 Å². The van der Waals surface area contributed by atoms with E-state index >= 15 is 0 Å². The van der Waals surface area contributed by atoms with Crippen LogP contribution >= 0.6 is 0 Å². The minimum Gasteiger partial charge on any atom is -0.388 e. The van der Waals surface area contributed by atoms with Crippen molar-refractivity contribution in [2.24, 2.45) is 5.92 Å². The smallest absolute Gasteiger partial charge is 0.251 e. The molecule has 0 aliphatic heterocycles. The first-order valence-electron chi connectivity index (χ1n) is 6.53. The van der Waals surface area contributed by atoms with Crippen molar-refractivity contribution < 1.29 is 4.79 Å². The lowest BCUT2D eigenvalue weighted by Gasteiger charge is -2.17. The van der Waals surface area contributed by atoms with E-state index in [1.54, 1.807) is 0 Å². The van der Waals surface area contributed by atoms with Gasteiger partial charge in [0.25, 0.3) is 5.91 Å². The van der Waals surface area contributed by atoms with E-state index in [4.69, 9.17) is 0 Å². The van der Waals surface area contributed by atoms with Gasteiger partial charge < -0.3 is 10.6 Å². The maximum atomic E-state index is 12.1. The summed E-state index contributed by atoms with van der Waals surface area (Å²) in [7, 11) is 1.87. The number of aryl methyl sites for hydroxylation is 1. The molecule has 0 aliphatic rings. The van der Waals surface area contributed by atoms with Crippen LogP contribution in [-0.2, 0) is 0 Å². The molecule has 1 atom stereocenters. The highest BCUT2D eigenvalue weighted by Crippen LogP contribution is 2.15. The van der Waals surface area contributed by atoms with Crippen LogP contribution in [0, 0.1) is 12.8 Å². The van der Waals surface area contributed by atoms with Crippen LogP contribution in [0.4, 0.5) is 5.69 Å². The molecule has 0 fully saturated rings. The highest BCUT2D eigenvalue weighted by molar-refractivity contribution is 5.96. The molecule has 0 aliphatic carbocycles. The number of benzene rings is 1. The molecule has 0 aromatic heterocycles. The van der Waals surface area contributed by atoms with Crippen LogP contribution in [0.5, 0.6) is 0 Å². The van der Waals surface area contributed by atoms with E-state index in [0.29, 0.717) is 5.92 Å². The number of rotatable bonds is 5. The van der Waals surface area contributed by atoms with Gasteiger partial charge in [-0.2, -0.15) is 0 Å². The third-order valence-corrected chi connectivity index (χ3v) is 2.96. The zero-order valence-corrected chi connectivity index (χ0v) is 12.0. The second-order valence-electron chi connectivity index (χ2n) is 5.28. The van der Waals surface area contributed by atoms with Crippen molar-refractivity contribution in [3.05, 3.63) is 29.3 Å². The van der Waals surface area contributed by atoms with Gasteiger partial charge in [0.2, 0.25) is 0 Å². The third-order valence-electron chi connectivity index (χ3n) is 2.96. The average molecular weight is 248 g/mol. The fourth-order valence-corrected chi connectivity index (χ4v) is 2.14. The largest absolute Gasteiger partial charge is 0.388 e. The van der Waals surface area contributed by atoms with Crippen LogP contribution in [0.3, 0.4) is 0 Å². The van der Waals surface area contributed by atoms with E-state index in [9.17, 15) is 4.79 Å². The zero-order valence-electron chi connectivity index (χ0n) is 12.0. The molecule has 0 saturated heterocycles. The van der Waals surface area contributed by atoms with Crippen LogP contribution in [-0.4, -0.2) is 19.0 Å². The van der Waals surface area contributed by atoms with Gasteiger partial charge in [0.15, 0.2) is 0 Å². The first kappa shape index (κ1) is 14.6. The third kappa shape index (κ3) is 4.06. The van der Waals surface area contributed by atoms with Crippen LogP contribution in [0.25, 0.3) is 0 Å². The van der Waals surface area contributed by atoms with Crippen LogP contribution in [0.2, 0.25) is 0 Å². The predicted octanol–water partition coefficient (Wildman–Crippen LogP) is 3.20. The Morgan fingerprint density at radius 1 is 1.28 bits per heavy atom. The van der Waals surface area contributed by atoms with Crippen LogP contribution in [0.1, 0.15) is 43.1 Å². The molecule has 0 saturated carbocycles. The maximum absolute atomic E-state index is 12.1. The molecule has 1 aromatic rings. The van der Waals surface area contributed by atoms with Crippen molar-refractivity contribution in [1.82, 2.24) is 5.32 Å². The maximum Gasteiger partial charge on any atom is 0.251 e. The first-order valence-corrected chi connectivity index (χ1v) is 6.53. The van der Waals surface area contributed by atoms with E-state index < -0.39 is 0 Å². The van der Waals surface area contributed by atoms with Crippen LogP contribution < -0.4 is 10.6 Å². The summed E-state index contributed by atoms with van der Waals surface area (Å²) in [4.78, 5) is 12.1. The molecule has 0 heterocycles. The molecule has 3 heteroatoms. The molecule has 1 unspecified atom stereocenters. The Hall–Kier alpha value is -1.51. The number of hydrogen-bond acceptors (Lipinski definition) is 2. The second-order valence-corrected chi connectivity index (χ2v) is 5.28. The average Bonchev–Trinajstić information content (AvgIpc) is 2.27. The highest BCUT2D eigenvalue weighted by Gasteiger charge is 2.13. The van der Waals surface area contributed by atoms with Crippen molar-refractivity contribution in [2.75, 3.05) is 12.4 Å². The van der Waals surface area contributed by atoms with Gasteiger partial charge in [-0.15, -0.1) is 0 Å². The normalized spacial score (nSPS) is 12.3. The van der Waals surface area contributed by atoms with E-state index in [2.05, 4.69) is 31.4 Å². The molecule has 2 N–H and O–H groups in total. The fraction of sp³-hybridized carbons (Fsp3) is 0.533. The van der Waals surface area contributed by atoms with Gasteiger partial charge in [0, 0.05) is 24.3 Å². The number of anilines is 1. The Kier molecular flexibility index (Phi) is 5.20. The Bertz CT molecular complexity index is 413. The van der Waals surface area contributed by atoms with Crippen molar-refractivity contribution in [1.29, 1.82) is 0 Å². The van der Waals surface area contributed by atoms with Gasteiger partial charge in [-0.3, -0.25) is 4.79 Å². The SMILES string of the molecule is CNc1ccc(C(=O)NC(C)CC(C)C)c(C)c1. The van der Waals surface area contributed by atoms with E-state index in [-0.39, 0.29) is 11.9 Å². The molecule has 1 rings (SSSR count). The minimum atomic E-state index is 0.0169. The Balaban J connectivity index is 2.72. The highest BCUT2D eigenvalue weighted by atomic mass is 16.1. The second kappa shape index (κ2) is 6.43. The molecule has 0 bridgehead atoms. The molecule has 100 valence electrons. The summed E-state index contributed by atoms with van der Waals surface area (Å²) in [6.07, 6.45) is 0.999. The van der Waals surface area contributed by atoms with Crippen LogP contribution in [0.15, 0.2) is 18.2 Å². The Morgan fingerprint density at radius 3 is 2.44 bits per heavy atom. The molecular weight excluding hydrogens is 224 g/mol. The monoisotopic (exact) mass is 248 g/mol. The number of amides is 1. The lowest BCUT2D eigenvalue weighted by Crippen LogP contribution is -2.33. The van der Waals surface area contributed by atoms with Crippen molar-refractivity contribution in [3.63, 3.8) is 0 Å². The number of carbonyl (C=O) groups excluding carboxylic acids is 1. The van der Waals surface area contributed by atoms with Gasteiger partial charge in [-0.1, -0.05) is 13.8 Å². The van der Waals surface area contributed by atoms with E-state index in [1.165, 1.54) is 0 Å².